The third-order valence-electron chi connectivity index (χ3n) is 4.32. The lowest BCUT2D eigenvalue weighted by atomic mass is 10.0. The molecule has 23 heavy (non-hydrogen) atoms. The molecule has 1 aromatic heterocycles. The van der Waals surface area contributed by atoms with Gasteiger partial charge in [-0.25, -0.2) is 4.39 Å². The van der Waals surface area contributed by atoms with Crippen LogP contribution in [-0.4, -0.2) is 31.4 Å². The van der Waals surface area contributed by atoms with Crippen LogP contribution in [0.3, 0.4) is 0 Å². The average molecular weight is 343 g/mol. The Balaban J connectivity index is 0.00000192. The maximum Gasteiger partial charge on any atom is 0.174 e. The molecule has 0 aliphatic carbocycles. The topological polar surface area (TPSA) is 49.4 Å². The number of benzene rings is 1. The number of rotatable bonds is 7. The second-order valence-corrected chi connectivity index (χ2v) is 5.69. The van der Waals surface area contributed by atoms with Crippen LogP contribution < -0.4 is 10.5 Å². The van der Waals surface area contributed by atoms with Crippen molar-refractivity contribution in [3.05, 3.63) is 29.2 Å². The number of methoxy groups -OCH3 is 1. The van der Waals surface area contributed by atoms with E-state index in [2.05, 4.69) is 4.57 Å². The molecule has 0 fully saturated rings. The summed E-state index contributed by atoms with van der Waals surface area (Å²) in [5.74, 6) is 0.0605. The first kappa shape index (κ1) is 18.0. The zero-order valence-corrected chi connectivity index (χ0v) is 14.3. The largest absolute Gasteiger partial charge is 0.488 e. The zero-order chi connectivity index (χ0) is 15.5. The van der Waals surface area contributed by atoms with Crippen molar-refractivity contribution in [1.29, 1.82) is 0 Å². The lowest BCUT2D eigenvalue weighted by Gasteiger charge is -2.09. The molecule has 0 saturated heterocycles. The minimum absolute atomic E-state index is 0. The molecule has 3 rings (SSSR count). The SMILES string of the molecule is COCCOc1ccc2c(c1F)c(CCCN)c1n2CCC1.Cl. The Bertz CT molecular complexity index is 672. The number of hydrogen-bond acceptors (Lipinski definition) is 3. The Morgan fingerprint density at radius 1 is 1.30 bits per heavy atom. The number of hydrogen-bond donors (Lipinski definition) is 1. The molecule has 6 heteroatoms. The summed E-state index contributed by atoms with van der Waals surface area (Å²) >= 11 is 0. The van der Waals surface area contributed by atoms with Crippen LogP contribution in [0.5, 0.6) is 5.75 Å². The van der Waals surface area contributed by atoms with Gasteiger partial charge >= 0.3 is 0 Å². The van der Waals surface area contributed by atoms with Crippen molar-refractivity contribution in [3.8, 4) is 5.75 Å². The van der Waals surface area contributed by atoms with Gasteiger partial charge in [0.2, 0.25) is 0 Å². The first-order valence-corrected chi connectivity index (χ1v) is 7.92. The maximum absolute atomic E-state index is 14.9. The summed E-state index contributed by atoms with van der Waals surface area (Å²) < 4.78 is 27.6. The van der Waals surface area contributed by atoms with Crippen LogP contribution in [0.4, 0.5) is 4.39 Å². The number of halogens is 2. The normalized spacial score (nSPS) is 13.2. The summed E-state index contributed by atoms with van der Waals surface area (Å²) in [4.78, 5) is 0. The van der Waals surface area contributed by atoms with Gasteiger partial charge in [0, 0.05) is 24.7 Å². The molecule has 1 aliphatic heterocycles. The van der Waals surface area contributed by atoms with Gasteiger partial charge in [-0.15, -0.1) is 12.4 Å². The van der Waals surface area contributed by atoms with Gasteiger partial charge in [-0.2, -0.15) is 0 Å². The lowest BCUT2D eigenvalue weighted by Crippen LogP contribution is -2.06. The highest BCUT2D eigenvalue weighted by molar-refractivity contribution is 5.88. The Hall–Kier alpha value is -1.30. The molecular formula is C17H24ClFN2O2. The predicted molar refractivity (Wildman–Crippen MR) is 92.2 cm³/mol. The predicted octanol–water partition coefficient (Wildman–Crippen LogP) is 3.06. The maximum atomic E-state index is 14.9. The molecule has 0 amide bonds. The van der Waals surface area contributed by atoms with Gasteiger partial charge in [0.1, 0.15) is 6.61 Å². The van der Waals surface area contributed by atoms with Gasteiger partial charge in [-0.3, -0.25) is 0 Å². The fraction of sp³-hybridized carbons (Fsp3) is 0.529. The molecule has 1 aliphatic rings. The molecule has 4 nitrogen and oxygen atoms in total. The van der Waals surface area contributed by atoms with E-state index >= 15 is 0 Å². The standard InChI is InChI=1S/C17H23FN2O2.ClH/c1-21-10-11-22-15-7-6-14-16(17(15)18)12(4-2-8-19)13-5-3-9-20(13)14;/h6-7H,2-5,8-11,19H2,1H3;1H. The molecule has 2 heterocycles. The molecular weight excluding hydrogens is 319 g/mol. The van der Waals surface area contributed by atoms with E-state index in [1.807, 2.05) is 6.07 Å². The van der Waals surface area contributed by atoms with E-state index in [1.165, 1.54) is 5.69 Å². The van der Waals surface area contributed by atoms with E-state index in [4.69, 9.17) is 15.2 Å². The third kappa shape index (κ3) is 3.32. The Morgan fingerprint density at radius 2 is 2.13 bits per heavy atom. The van der Waals surface area contributed by atoms with Crippen molar-refractivity contribution in [2.24, 2.45) is 5.73 Å². The summed E-state index contributed by atoms with van der Waals surface area (Å²) in [5, 5.41) is 0.720. The summed E-state index contributed by atoms with van der Waals surface area (Å²) in [6, 6.07) is 3.70. The fourth-order valence-corrected chi connectivity index (χ4v) is 3.35. The van der Waals surface area contributed by atoms with Crippen LogP contribution in [0.1, 0.15) is 24.1 Å². The zero-order valence-electron chi connectivity index (χ0n) is 13.4. The first-order chi connectivity index (χ1) is 10.8. The number of aryl methyl sites for hydroxylation is 2. The Morgan fingerprint density at radius 3 is 2.87 bits per heavy atom. The van der Waals surface area contributed by atoms with Crippen LogP contribution >= 0.6 is 12.4 Å². The van der Waals surface area contributed by atoms with Crippen molar-refractivity contribution in [1.82, 2.24) is 4.57 Å². The van der Waals surface area contributed by atoms with Gasteiger partial charge in [0.05, 0.1) is 12.1 Å². The Labute approximate surface area is 142 Å². The van der Waals surface area contributed by atoms with E-state index in [9.17, 15) is 4.39 Å². The molecule has 0 radical (unpaired) electrons. The van der Waals surface area contributed by atoms with Crippen LogP contribution in [0.15, 0.2) is 12.1 Å². The third-order valence-corrected chi connectivity index (χ3v) is 4.32. The highest BCUT2D eigenvalue weighted by Crippen LogP contribution is 2.37. The van der Waals surface area contributed by atoms with Gasteiger partial charge in [-0.05, 0) is 49.9 Å². The van der Waals surface area contributed by atoms with E-state index < -0.39 is 0 Å². The minimum Gasteiger partial charge on any atom is -0.488 e. The molecule has 0 bridgehead atoms. The smallest absolute Gasteiger partial charge is 0.174 e. The van der Waals surface area contributed by atoms with Gasteiger partial charge in [-0.1, -0.05) is 0 Å². The number of nitrogens with zero attached hydrogens (tertiary/aromatic N) is 1. The van der Waals surface area contributed by atoms with Crippen LogP contribution in [-0.2, 0) is 24.1 Å². The quantitative estimate of drug-likeness (QED) is 0.787. The fourth-order valence-electron chi connectivity index (χ4n) is 3.35. The van der Waals surface area contributed by atoms with Gasteiger partial charge in [0.15, 0.2) is 11.6 Å². The second-order valence-electron chi connectivity index (χ2n) is 5.69. The van der Waals surface area contributed by atoms with Gasteiger partial charge < -0.3 is 19.8 Å². The average Bonchev–Trinajstić information content (AvgIpc) is 3.09. The van der Waals surface area contributed by atoms with E-state index in [0.717, 1.165) is 48.7 Å². The van der Waals surface area contributed by atoms with Crippen molar-refractivity contribution >= 4 is 23.3 Å². The summed E-state index contributed by atoms with van der Waals surface area (Å²) in [6.45, 7) is 2.39. The van der Waals surface area contributed by atoms with Crippen molar-refractivity contribution < 1.29 is 13.9 Å². The summed E-state index contributed by atoms with van der Waals surface area (Å²) in [6.07, 6.45) is 3.86. The molecule has 0 atom stereocenters. The highest BCUT2D eigenvalue weighted by atomic mass is 35.5. The van der Waals surface area contributed by atoms with Crippen molar-refractivity contribution in [2.75, 3.05) is 26.9 Å². The van der Waals surface area contributed by atoms with Crippen LogP contribution in [0.2, 0.25) is 0 Å². The number of ether oxygens (including phenoxy) is 2. The number of fused-ring (bicyclic) bond motifs is 3. The number of nitrogens with two attached hydrogens (primary N) is 1. The molecule has 1 aromatic carbocycles. The molecule has 2 aromatic rings. The molecule has 0 unspecified atom stereocenters. The van der Waals surface area contributed by atoms with Crippen molar-refractivity contribution in [3.63, 3.8) is 0 Å². The van der Waals surface area contributed by atoms with Gasteiger partial charge in [0.25, 0.3) is 0 Å². The first-order valence-electron chi connectivity index (χ1n) is 7.92. The summed E-state index contributed by atoms with van der Waals surface area (Å²) in [7, 11) is 1.60. The van der Waals surface area contributed by atoms with E-state index in [0.29, 0.717) is 25.5 Å². The monoisotopic (exact) mass is 342 g/mol. The van der Waals surface area contributed by atoms with Crippen LogP contribution in [0, 0.1) is 5.82 Å². The van der Waals surface area contributed by atoms with E-state index in [-0.39, 0.29) is 18.2 Å². The molecule has 0 saturated carbocycles. The van der Waals surface area contributed by atoms with Crippen LogP contribution in [0.25, 0.3) is 10.9 Å². The number of aromatic nitrogens is 1. The van der Waals surface area contributed by atoms with Crippen molar-refractivity contribution in [2.45, 2.75) is 32.2 Å². The second kappa shape index (κ2) is 7.99. The minimum atomic E-state index is -0.248. The molecule has 0 spiro atoms. The Kier molecular flexibility index (Phi) is 6.27. The highest BCUT2D eigenvalue weighted by Gasteiger charge is 2.24. The molecule has 2 N–H and O–H groups in total. The lowest BCUT2D eigenvalue weighted by molar-refractivity contribution is 0.144. The van der Waals surface area contributed by atoms with E-state index in [1.54, 1.807) is 13.2 Å². The molecule has 128 valence electrons. The summed E-state index contributed by atoms with van der Waals surface area (Å²) in [5.41, 5.74) is 9.02.